The molecule has 1 saturated carbocycles. The third kappa shape index (κ3) is 4.59. The monoisotopic (exact) mass is 301 g/mol. The van der Waals surface area contributed by atoms with Gasteiger partial charge in [-0.3, -0.25) is 0 Å². The molecule has 20 heavy (non-hydrogen) atoms. The molecule has 1 aliphatic carbocycles. The molecule has 0 aromatic rings. The third-order valence-electron chi connectivity index (χ3n) is 5.27. The van der Waals surface area contributed by atoms with Crippen molar-refractivity contribution in [3.8, 4) is 0 Å². The first-order valence-corrected chi connectivity index (χ1v) is 8.25. The summed E-state index contributed by atoms with van der Waals surface area (Å²) in [5.74, 6) is 1.95. The van der Waals surface area contributed by atoms with E-state index >= 15 is 0 Å². The Morgan fingerprint density at radius 2 is 1.95 bits per heavy atom. The van der Waals surface area contributed by atoms with Crippen LogP contribution in [0.5, 0.6) is 0 Å². The van der Waals surface area contributed by atoms with Crippen LogP contribution in [0, 0.1) is 17.3 Å². The molecule has 1 N–H and O–H groups in total. The van der Waals surface area contributed by atoms with E-state index in [1.165, 1.54) is 71.5 Å². The molecule has 2 atom stereocenters. The number of nitrogens with one attached hydrogen (secondary N) is 1. The van der Waals surface area contributed by atoms with Crippen molar-refractivity contribution in [2.45, 2.75) is 32.6 Å². The fourth-order valence-corrected chi connectivity index (χ4v) is 4.01. The van der Waals surface area contributed by atoms with Gasteiger partial charge in [0.25, 0.3) is 0 Å². The van der Waals surface area contributed by atoms with Crippen LogP contribution in [0.25, 0.3) is 0 Å². The van der Waals surface area contributed by atoms with Crippen molar-refractivity contribution in [2.24, 2.45) is 17.3 Å². The second-order valence-corrected chi connectivity index (χ2v) is 7.79. The molecular weight excluding hydrogens is 270 g/mol. The van der Waals surface area contributed by atoms with Gasteiger partial charge in [0.15, 0.2) is 0 Å². The van der Waals surface area contributed by atoms with Crippen molar-refractivity contribution in [3.63, 3.8) is 0 Å². The second kappa shape index (κ2) is 6.95. The highest BCUT2D eigenvalue weighted by Crippen LogP contribution is 2.31. The Morgan fingerprint density at radius 3 is 2.60 bits per heavy atom. The van der Waals surface area contributed by atoms with Gasteiger partial charge in [-0.1, -0.05) is 6.92 Å². The fraction of sp³-hybridized carbons (Fsp3) is 1.00. The second-order valence-electron chi connectivity index (χ2n) is 7.79. The molecule has 4 heteroatoms. The zero-order valence-electron chi connectivity index (χ0n) is 13.2. The molecule has 0 aromatic heterocycles. The summed E-state index contributed by atoms with van der Waals surface area (Å²) < 4.78 is 0. The van der Waals surface area contributed by atoms with Crippen LogP contribution in [-0.2, 0) is 0 Å². The Kier molecular flexibility index (Phi) is 5.75. The van der Waals surface area contributed by atoms with E-state index in [2.05, 4.69) is 29.1 Å². The number of nitrogens with zero attached hydrogens (tertiary/aromatic N) is 2. The zero-order chi connectivity index (χ0) is 13.3. The molecule has 2 saturated heterocycles. The van der Waals surface area contributed by atoms with Crippen LogP contribution in [0.3, 0.4) is 0 Å². The van der Waals surface area contributed by atoms with Crippen LogP contribution in [0.1, 0.15) is 32.6 Å². The highest BCUT2D eigenvalue weighted by molar-refractivity contribution is 5.85. The Balaban J connectivity index is 0.00000147. The normalized spacial score (nSPS) is 34.6. The van der Waals surface area contributed by atoms with Crippen molar-refractivity contribution >= 4 is 12.4 Å². The molecule has 3 fully saturated rings. The molecule has 2 aliphatic heterocycles. The van der Waals surface area contributed by atoms with Gasteiger partial charge in [-0.15, -0.1) is 12.4 Å². The topological polar surface area (TPSA) is 18.5 Å². The summed E-state index contributed by atoms with van der Waals surface area (Å²) in [5, 5.41) is 3.52. The summed E-state index contributed by atoms with van der Waals surface area (Å²) >= 11 is 0. The molecule has 2 unspecified atom stereocenters. The number of hydrogen-bond donors (Lipinski definition) is 1. The molecule has 118 valence electrons. The molecule has 0 amide bonds. The van der Waals surface area contributed by atoms with Gasteiger partial charge in [-0.25, -0.2) is 0 Å². The molecule has 3 rings (SSSR count). The largest absolute Gasteiger partial charge is 0.316 e. The van der Waals surface area contributed by atoms with Gasteiger partial charge >= 0.3 is 0 Å². The van der Waals surface area contributed by atoms with Gasteiger partial charge in [0.2, 0.25) is 0 Å². The van der Waals surface area contributed by atoms with E-state index in [1.807, 2.05) is 0 Å². The number of likely N-dealkylation sites (tertiary alicyclic amines) is 1. The van der Waals surface area contributed by atoms with E-state index in [0.717, 1.165) is 11.8 Å². The van der Waals surface area contributed by atoms with E-state index in [0.29, 0.717) is 5.41 Å². The van der Waals surface area contributed by atoms with E-state index in [1.54, 1.807) is 0 Å². The maximum Gasteiger partial charge on any atom is 0.00481 e. The van der Waals surface area contributed by atoms with Gasteiger partial charge in [-0.2, -0.15) is 0 Å². The van der Waals surface area contributed by atoms with Gasteiger partial charge in [0, 0.05) is 32.7 Å². The van der Waals surface area contributed by atoms with Crippen molar-refractivity contribution in [2.75, 3.05) is 52.9 Å². The lowest BCUT2D eigenvalue weighted by Gasteiger charge is -2.29. The summed E-state index contributed by atoms with van der Waals surface area (Å²) in [5.41, 5.74) is 0.537. The Morgan fingerprint density at radius 1 is 1.20 bits per heavy atom. The first-order valence-electron chi connectivity index (χ1n) is 8.25. The quantitative estimate of drug-likeness (QED) is 0.810. The molecule has 0 spiro atoms. The van der Waals surface area contributed by atoms with E-state index in [4.69, 9.17) is 0 Å². The lowest BCUT2D eigenvalue weighted by Crippen LogP contribution is -2.37. The minimum absolute atomic E-state index is 0. The summed E-state index contributed by atoms with van der Waals surface area (Å²) in [4.78, 5) is 5.31. The molecule has 3 aliphatic rings. The van der Waals surface area contributed by atoms with Gasteiger partial charge in [0.05, 0.1) is 0 Å². The molecule has 2 heterocycles. The van der Waals surface area contributed by atoms with Crippen LogP contribution in [0.15, 0.2) is 0 Å². The summed E-state index contributed by atoms with van der Waals surface area (Å²) in [7, 11) is 2.32. The maximum atomic E-state index is 3.52. The van der Waals surface area contributed by atoms with Crippen molar-refractivity contribution in [3.05, 3.63) is 0 Å². The maximum absolute atomic E-state index is 3.52. The predicted molar refractivity (Wildman–Crippen MR) is 87.6 cm³/mol. The first-order chi connectivity index (χ1) is 9.13. The molecule has 0 aromatic carbocycles. The minimum atomic E-state index is 0. The SMILES string of the molecule is CN(CC1CC1)CC1CCN(CC2(C)CCNC2)C1.Cl. The van der Waals surface area contributed by atoms with Crippen LogP contribution >= 0.6 is 12.4 Å². The van der Waals surface area contributed by atoms with Gasteiger partial charge < -0.3 is 15.1 Å². The highest BCUT2D eigenvalue weighted by Gasteiger charge is 2.34. The lowest BCUT2D eigenvalue weighted by atomic mass is 9.89. The van der Waals surface area contributed by atoms with E-state index in [9.17, 15) is 0 Å². The van der Waals surface area contributed by atoms with Gasteiger partial charge in [0.1, 0.15) is 0 Å². The van der Waals surface area contributed by atoms with Crippen molar-refractivity contribution in [1.82, 2.24) is 15.1 Å². The average Bonchev–Trinajstić information content (AvgIpc) is 2.88. The summed E-state index contributed by atoms with van der Waals surface area (Å²) in [6.45, 7) is 11.5. The first kappa shape index (κ1) is 16.5. The number of hydrogen-bond acceptors (Lipinski definition) is 3. The Labute approximate surface area is 130 Å². The number of rotatable bonds is 6. The summed E-state index contributed by atoms with van der Waals surface area (Å²) in [6.07, 6.45) is 5.73. The Bertz CT molecular complexity index is 300. The van der Waals surface area contributed by atoms with Crippen LogP contribution < -0.4 is 5.32 Å². The van der Waals surface area contributed by atoms with Crippen LogP contribution in [-0.4, -0.2) is 62.7 Å². The van der Waals surface area contributed by atoms with Gasteiger partial charge in [-0.05, 0) is 63.1 Å². The molecule has 3 nitrogen and oxygen atoms in total. The molecule has 0 radical (unpaired) electrons. The predicted octanol–water partition coefficient (Wildman–Crippen LogP) is 2.07. The fourth-order valence-electron chi connectivity index (χ4n) is 4.01. The highest BCUT2D eigenvalue weighted by atomic mass is 35.5. The zero-order valence-corrected chi connectivity index (χ0v) is 14.1. The minimum Gasteiger partial charge on any atom is -0.316 e. The number of halogens is 1. The van der Waals surface area contributed by atoms with E-state index in [-0.39, 0.29) is 12.4 Å². The Hall–Kier alpha value is 0.170. The van der Waals surface area contributed by atoms with E-state index < -0.39 is 0 Å². The average molecular weight is 302 g/mol. The lowest BCUT2D eigenvalue weighted by molar-refractivity contribution is 0.195. The molecular formula is C16H32ClN3. The molecule has 0 bridgehead atoms. The smallest absolute Gasteiger partial charge is 0.00481 e. The van der Waals surface area contributed by atoms with Crippen molar-refractivity contribution in [1.29, 1.82) is 0 Å². The third-order valence-corrected chi connectivity index (χ3v) is 5.27. The summed E-state index contributed by atoms with van der Waals surface area (Å²) in [6, 6.07) is 0. The van der Waals surface area contributed by atoms with Crippen LogP contribution in [0.2, 0.25) is 0 Å². The van der Waals surface area contributed by atoms with Crippen LogP contribution in [0.4, 0.5) is 0 Å². The standard InChI is InChI=1S/C16H31N3.ClH/c1-16(6-7-17-12-16)13-19-8-5-15(11-19)10-18(2)9-14-3-4-14;/h14-15,17H,3-13H2,1-2H3;1H. The van der Waals surface area contributed by atoms with Crippen molar-refractivity contribution < 1.29 is 0 Å².